The third-order valence-corrected chi connectivity index (χ3v) is 5.22. The van der Waals surface area contributed by atoms with Crippen molar-refractivity contribution in [2.45, 2.75) is 13.3 Å². The molecule has 0 unspecified atom stereocenters. The Hall–Kier alpha value is -3.19. The van der Waals surface area contributed by atoms with Crippen molar-refractivity contribution in [3.8, 4) is 33.8 Å². The van der Waals surface area contributed by atoms with Gasteiger partial charge >= 0.3 is 11.5 Å². The quantitative estimate of drug-likeness (QED) is 0.324. The zero-order valence-electron chi connectivity index (χ0n) is 14.7. The minimum Gasteiger partial charge on any atom is -0.206 e. The Morgan fingerprint density at radius 1 is 0.654 bits per heavy atom. The van der Waals surface area contributed by atoms with Gasteiger partial charge in [-0.1, -0.05) is 66.7 Å². The lowest BCUT2D eigenvalue weighted by atomic mass is 9.92. The van der Waals surface area contributed by atoms with Crippen LogP contribution in [-0.4, -0.2) is 0 Å². The second-order valence-corrected chi connectivity index (χ2v) is 6.80. The molecule has 1 aliphatic rings. The summed E-state index contributed by atoms with van der Waals surface area (Å²) in [5, 5.41) is 0. The molecule has 5 rings (SSSR count). The highest BCUT2D eigenvalue weighted by Crippen LogP contribution is 2.46. The molecule has 0 saturated heterocycles. The van der Waals surface area contributed by atoms with E-state index in [2.05, 4.69) is 85.8 Å². The van der Waals surface area contributed by atoms with Crippen LogP contribution < -0.4 is 0 Å². The summed E-state index contributed by atoms with van der Waals surface area (Å²) in [5.41, 5.74) is 8.74. The Balaban J connectivity index is 1.85. The molecule has 0 aliphatic heterocycles. The number of rotatable bonds is 2. The van der Waals surface area contributed by atoms with Gasteiger partial charge in [0.15, 0.2) is 0 Å². The molecule has 0 fully saturated rings. The predicted octanol–water partition coefficient (Wildman–Crippen LogP) is 6.77. The molecule has 1 nitrogen and oxygen atoms in total. The molecular formula is C25H19O+. The van der Waals surface area contributed by atoms with Crippen LogP contribution in [0, 0.1) is 6.92 Å². The van der Waals surface area contributed by atoms with Gasteiger partial charge in [0.1, 0.15) is 0 Å². The van der Waals surface area contributed by atoms with Crippen LogP contribution in [0.4, 0.5) is 0 Å². The van der Waals surface area contributed by atoms with E-state index in [1.165, 1.54) is 33.4 Å². The van der Waals surface area contributed by atoms with Gasteiger partial charge in [0.25, 0.3) is 0 Å². The fraction of sp³-hybridized carbons (Fsp3) is 0.0800. The molecule has 3 aromatic carbocycles. The third kappa shape index (κ3) is 2.28. The molecule has 26 heavy (non-hydrogen) atoms. The Labute approximate surface area is 153 Å². The van der Waals surface area contributed by atoms with Crippen molar-refractivity contribution < 1.29 is 4.42 Å². The summed E-state index contributed by atoms with van der Waals surface area (Å²) < 4.78 is 6.53. The summed E-state index contributed by atoms with van der Waals surface area (Å²) in [6.45, 7) is 2.18. The van der Waals surface area contributed by atoms with Crippen molar-refractivity contribution in [2.75, 3.05) is 0 Å². The number of benzene rings is 3. The van der Waals surface area contributed by atoms with Gasteiger partial charge in [-0.25, -0.2) is 4.42 Å². The molecule has 0 atom stereocenters. The lowest BCUT2D eigenvalue weighted by molar-refractivity contribution is 0.576. The molecular weight excluding hydrogens is 316 g/mol. The van der Waals surface area contributed by atoms with Crippen molar-refractivity contribution >= 4 is 0 Å². The van der Waals surface area contributed by atoms with Crippen LogP contribution in [0.5, 0.6) is 0 Å². The van der Waals surface area contributed by atoms with Crippen molar-refractivity contribution in [3.05, 3.63) is 102 Å². The van der Waals surface area contributed by atoms with Crippen LogP contribution >= 0.6 is 0 Å². The Morgan fingerprint density at radius 3 is 2.00 bits per heavy atom. The molecule has 0 bridgehead atoms. The second-order valence-electron chi connectivity index (χ2n) is 6.80. The molecule has 0 N–H and O–H groups in total. The lowest BCUT2D eigenvalue weighted by Crippen LogP contribution is -1.95. The Morgan fingerprint density at radius 2 is 1.27 bits per heavy atom. The monoisotopic (exact) mass is 335 g/mol. The molecule has 1 heteroatoms. The van der Waals surface area contributed by atoms with E-state index in [1.807, 2.05) is 6.07 Å². The van der Waals surface area contributed by atoms with Gasteiger partial charge in [0, 0.05) is 12.0 Å². The zero-order chi connectivity index (χ0) is 17.5. The highest BCUT2D eigenvalue weighted by molar-refractivity contribution is 5.86. The van der Waals surface area contributed by atoms with Crippen LogP contribution in [0.1, 0.15) is 16.7 Å². The molecule has 0 amide bonds. The van der Waals surface area contributed by atoms with Gasteiger partial charge in [-0.2, -0.15) is 0 Å². The van der Waals surface area contributed by atoms with Gasteiger partial charge < -0.3 is 0 Å². The maximum Gasteiger partial charge on any atom is 0.365 e. The molecule has 4 aromatic rings. The van der Waals surface area contributed by atoms with E-state index in [0.717, 1.165) is 23.5 Å². The van der Waals surface area contributed by atoms with Crippen LogP contribution in [0.3, 0.4) is 0 Å². The van der Waals surface area contributed by atoms with Gasteiger partial charge in [0.05, 0.1) is 22.3 Å². The smallest absolute Gasteiger partial charge is 0.206 e. The van der Waals surface area contributed by atoms with E-state index in [-0.39, 0.29) is 0 Å². The molecule has 0 spiro atoms. The summed E-state index contributed by atoms with van der Waals surface area (Å²) in [6.07, 6.45) is 0.926. The van der Waals surface area contributed by atoms with Crippen LogP contribution in [0.25, 0.3) is 33.8 Å². The summed E-state index contributed by atoms with van der Waals surface area (Å²) >= 11 is 0. The van der Waals surface area contributed by atoms with E-state index in [9.17, 15) is 0 Å². The first-order valence-corrected chi connectivity index (χ1v) is 9.01. The van der Waals surface area contributed by atoms with Crippen molar-refractivity contribution in [2.24, 2.45) is 0 Å². The molecule has 0 saturated carbocycles. The average molecular weight is 335 g/mol. The predicted molar refractivity (Wildman–Crippen MR) is 107 cm³/mol. The van der Waals surface area contributed by atoms with E-state index in [0.29, 0.717) is 0 Å². The lowest BCUT2D eigenvalue weighted by Gasteiger charge is -2.09. The molecule has 124 valence electrons. The summed E-state index contributed by atoms with van der Waals surface area (Å²) in [4.78, 5) is 0. The molecule has 1 aromatic heterocycles. The molecule has 1 heterocycles. The fourth-order valence-corrected chi connectivity index (χ4v) is 4.03. The van der Waals surface area contributed by atoms with Gasteiger partial charge in [0.2, 0.25) is 0 Å². The van der Waals surface area contributed by atoms with E-state index in [1.54, 1.807) is 0 Å². The number of fused-ring (bicyclic) bond motifs is 3. The van der Waals surface area contributed by atoms with Gasteiger partial charge in [-0.05, 0) is 36.2 Å². The minimum absolute atomic E-state index is 0.926. The van der Waals surface area contributed by atoms with Crippen molar-refractivity contribution in [1.29, 1.82) is 0 Å². The average Bonchev–Trinajstić information content (AvgIpc) is 3.07. The first-order chi connectivity index (χ1) is 12.8. The largest absolute Gasteiger partial charge is 0.365 e. The number of hydrogen-bond donors (Lipinski definition) is 0. The first-order valence-electron chi connectivity index (χ1n) is 9.01. The van der Waals surface area contributed by atoms with Crippen LogP contribution in [0.15, 0.2) is 89.3 Å². The Bertz CT molecular complexity index is 1100. The van der Waals surface area contributed by atoms with E-state index >= 15 is 0 Å². The third-order valence-electron chi connectivity index (χ3n) is 5.22. The van der Waals surface area contributed by atoms with Crippen LogP contribution in [-0.2, 0) is 6.42 Å². The van der Waals surface area contributed by atoms with Gasteiger partial charge in [-0.3, -0.25) is 0 Å². The fourth-order valence-electron chi connectivity index (χ4n) is 4.03. The Kier molecular flexibility index (Phi) is 3.46. The highest BCUT2D eigenvalue weighted by Gasteiger charge is 2.36. The summed E-state index contributed by atoms with van der Waals surface area (Å²) in [6, 6.07) is 29.7. The zero-order valence-corrected chi connectivity index (χ0v) is 14.7. The normalized spacial score (nSPS) is 11.9. The maximum absolute atomic E-state index is 6.53. The standard InChI is InChI=1S/C25H19O/c1-17-23(18-10-4-2-5-11-18)22-16-20-14-8-9-15-21(20)25(22)26-24(17)19-12-6-3-7-13-19/h2-15H,16H2,1H3/q+1. The minimum atomic E-state index is 0.926. The van der Waals surface area contributed by atoms with Crippen molar-refractivity contribution in [1.82, 2.24) is 0 Å². The highest BCUT2D eigenvalue weighted by atomic mass is 16.3. The van der Waals surface area contributed by atoms with E-state index < -0.39 is 0 Å². The van der Waals surface area contributed by atoms with E-state index in [4.69, 9.17) is 4.42 Å². The summed E-state index contributed by atoms with van der Waals surface area (Å²) in [5.74, 6) is 1.98. The van der Waals surface area contributed by atoms with Crippen LogP contribution in [0.2, 0.25) is 0 Å². The second kappa shape index (κ2) is 5.96. The van der Waals surface area contributed by atoms with Gasteiger partial charge in [-0.15, -0.1) is 0 Å². The first kappa shape index (κ1) is 15.1. The number of hydrogen-bond acceptors (Lipinski definition) is 0. The van der Waals surface area contributed by atoms with Crippen molar-refractivity contribution in [3.63, 3.8) is 0 Å². The summed E-state index contributed by atoms with van der Waals surface area (Å²) in [7, 11) is 0. The topological polar surface area (TPSA) is 11.3 Å². The maximum atomic E-state index is 6.53. The SMILES string of the molecule is Cc1c(-c2ccccc2)[o+]c2c(c1-c1ccccc1)Cc1ccccc1-2. The molecule has 1 aliphatic carbocycles. The molecule has 0 radical (unpaired) electrons.